The van der Waals surface area contributed by atoms with Crippen molar-refractivity contribution in [1.82, 2.24) is 9.97 Å². The molecule has 0 saturated heterocycles. The van der Waals surface area contributed by atoms with Crippen LogP contribution in [-0.2, 0) is 0 Å². The first-order valence-electron chi connectivity index (χ1n) is 16.5. The molecule has 0 N–H and O–H groups in total. The van der Waals surface area contributed by atoms with Crippen LogP contribution in [0.15, 0.2) is 88.8 Å². The molecule has 236 valence electrons. The summed E-state index contributed by atoms with van der Waals surface area (Å²) in [5.41, 5.74) is 5.53. The Kier molecular flexibility index (Phi) is 15.0. The number of rotatable bonds is 15. The van der Waals surface area contributed by atoms with Gasteiger partial charge in [-0.2, -0.15) is 0 Å². The first kappa shape index (κ1) is 35.2. The Hall–Kier alpha value is -4.32. The van der Waals surface area contributed by atoms with E-state index in [-0.39, 0.29) is 11.6 Å². The molecule has 2 aromatic heterocycles. The maximum atomic E-state index is 12.1. The zero-order valence-corrected chi connectivity index (χ0v) is 27.7. The van der Waals surface area contributed by atoms with E-state index in [0.29, 0.717) is 24.2 Å². The molecule has 0 spiro atoms. The van der Waals surface area contributed by atoms with Crippen LogP contribution in [0.2, 0.25) is 0 Å². The Balaban J connectivity index is 0.000000253. The normalized spacial score (nSPS) is 11.7. The lowest BCUT2D eigenvalue weighted by Crippen LogP contribution is -2.08. The average molecular weight is 605 g/mol. The van der Waals surface area contributed by atoms with E-state index in [1.165, 1.54) is 23.6 Å². The lowest BCUT2D eigenvalue weighted by Gasteiger charge is -2.07. The van der Waals surface area contributed by atoms with Crippen LogP contribution < -0.4 is 0 Å². The van der Waals surface area contributed by atoms with Crippen molar-refractivity contribution in [2.75, 3.05) is 6.54 Å². The second-order valence-corrected chi connectivity index (χ2v) is 11.0. The summed E-state index contributed by atoms with van der Waals surface area (Å²) in [6.45, 7) is 11.2. The summed E-state index contributed by atoms with van der Waals surface area (Å²) in [4.78, 5) is 42.5. The number of fused-ring (bicyclic) bond motifs is 1. The molecule has 4 rings (SSSR count). The van der Waals surface area contributed by atoms with Crippen LogP contribution in [0.1, 0.15) is 125 Å². The number of pyridine rings is 2. The average Bonchev–Trinajstić information content (AvgIpc) is 3.08. The summed E-state index contributed by atoms with van der Waals surface area (Å²) in [5.74, 6) is 0.210. The summed E-state index contributed by atoms with van der Waals surface area (Å²) >= 11 is 0. The molecule has 45 heavy (non-hydrogen) atoms. The van der Waals surface area contributed by atoms with Gasteiger partial charge in [0.15, 0.2) is 11.6 Å². The molecule has 0 bridgehead atoms. The molecule has 0 aliphatic rings. The first-order chi connectivity index (χ1) is 21.9. The number of aliphatic imine (C=N–C) groups is 2. The number of Topliss-reactive ketones (excluding diaryl/α,β-unsaturated/α-hetero) is 2. The topological polar surface area (TPSA) is 84.6 Å². The Labute approximate surface area is 269 Å². The maximum absolute atomic E-state index is 12.1. The van der Waals surface area contributed by atoms with E-state index in [1.807, 2.05) is 56.3 Å². The monoisotopic (exact) mass is 604 g/mol. The van der Waals surface area contributed by atoms with Crippen molar-refractivity contribution in [3.8, 4) is 0 Å². The van der Waals surface area contributed by atoms with Crippen LogP contribution in [-0.4, -0.2) is 39.5 Å². The van der Waals surface area contributed by atoms with Crippen molar-refractivity contribution in [2.24, 2.45) is 9.98 Å². The number of carbonyl (C=O) groups excluding carboxylic acids is 2. The second-order valence-electron chi connectivity index (χ2n) is 11.0. The molecular weight excluding hydrogens is 556 g/mol. The van der Waals surface area contributed by atoms with Gasteiger partial charge in [-0.3, -0.25) is 19.6 Å². The smallest absolute Gasteiger partial charge is 0.181 e. The second kappa shape index (κ2) is 19.1. The molecule has 4 aromatic rings. The summed E-state index contributed by atoms with van der Waals surface area (Å²) < 4.78 is 0. The number of hydrogen-bond acceptors (Lipinski definition) is 6. The summed E-state index contributed by atoms with van der Waals surface area (Å²) in [5, 5.41) is 2.36. The van der Waals surface area contributed by atoms with Crippen LogP contribution in [0.4, 0.5) is 5.69 Å². The minimum atomic E-state index is 0.0884. The first-order valence-corrected chi connectivity index (χ1v) is 16.5. The number of ketones is 2. The molecule has 0 unspecified atom stereocenters. The minimum Gasteiger partial charge on any atom is -0.292 e. The Bertz CT molecular complexity index is 1610. The zero-order chi connectivity index (χ0) is 32.4. The number of nitrogens with zero attached hydrogens (tertiary/aromatic N) is 4. The lowest BCUT2D eigenvalue weighted by molar-refractivity contribution is 0.0969. The molecule has 0 radical (unpaired) electrons. The fourth-order valence-electron chi connectivity index (χ4n) is 4.88. The number of hydrogen-bond donors (Lipinski definition) is 0. The highest BCUT2D eigenvalue weighted by Gasteiger charge is 2.11. The molecule has 0 amide bonds. The van der Waals surface area contributed by atoms with Crippen molar-refractivity contribution >= 4 is 39.4 Å². The third-order valence-corrected chi connectivity index (χ3v) is 7.35. The van der Waals surface area contributed by atoms with Gasteiger partial charge in [0.2, 0.25) is 0 Å². The predicted octanol–water partition coefficient (Wildman–Crippen LogP) is 10.2. The SMILES string of the molecule is CCCC(=O)c1cccc(C(CC)=Nc2ccc3ccccc3c2)n1.CCCCCN=C(CC)c1cccc(C(=O)CCC)n1. The molecule has 0 saturated carbocycles. The molecule has 2 aromatic carbocycles. The Morgan fingerprint density at radius 2 is 1.13 bits per heavy atom. The standard InChI is InChI=1S/C22H22N2O.C17H26N2O/c1-3-8-22(25)21-12-7-11-20(24-21)19(4-2)23-18-14-13-16-9-5-6-10-17(16)15-18;1-4-7-8-13-18-14(6-3)15-11-9-12-16(19-15)17(20)10-5-2/h5-7,9-15H,3-4,8H2,1-2H3;9,11-12H,4-8,10,13H2,1-3H3. The molecule has 0 fully saturated rings. The van der Waals surface area contributed by atoms with Gasteiger partial charge in [0.05, 0.1) is 28.5 Å². The number of benzene rings is 2. The van der Waals surface area contributed by atoms with Gasteiger partial charge in [-0.05, 0) is 79.3 Å². The van der Waals surface area contributed by atoms with E-state index < -0.39 is 0 Å². The Morgan fingerprint density at radius 3 is 1.69 bits per heavy atom. The van der Waals surface area contributed by atoms with Gasteiger partial charge in [0.25, 0.3) is 0 Å². The van der Waals surface area contributed by atoms with Crippen molar-refractivity contribution in [2.45, 2.75) is 92.4 Å². The highest BCUT2D eigenvalue weighted by molar-refractivity contribution is 6.02. The zero-order valence-electron chi connectivity index (χ0n) is 27.7. The fraction of sp³-hybridized carbons (Fsp3) is 0.385. The van der Waals surface area contributed by atoms with E-state index >= 15 is 0 Å². The highest BCUT2D eigenvalue weighted by Crippen LogP contribution is 2.22. The summed E-state index contributed by atoms with van der Waals surface area (Å²) in [6.07, 6.45) is 7.92. The van der Waals surface area contributed by atoms with Crippen LogP contribution in [0.25, 0.3) is 10.8 Å². The third kappa shape index (κ3) is 11.0. The van der Waals surface area contributed by atoms with Crippen LogP contribution in [0.5, 0.6) is 0 Å². The number of carbonyl (C=O) groups is 2. The van der Waals surface area contributed by atoms with Gasteiger partial charge in [-0.15, -0.1) is 0 Å². The molecule has 0 aliphatic carbocycles. The van der Waals surface area contributed by atoms with E-state index in [2.05, 4.69) is 60.0 Å². The fourth-order valence-corrected chi connectivity index (χ4v) is 4.88. The van der Waals surface area contributed by atoms with E-state index in [1.54, 1.807) is 12.1 Å². The van der Waals surface area contributed by atoms with E-state index in [9.17, 15) is 9.59 Å². The van der Waals surface area contributed by atoms with Gasteiger partial charge in [0.1, 0.15) is 11.4 Å². The third-order valence-electron chi connectivity index (χ3n) is 7.35. The summed E-state index contributed by atoms with van der Waals surface area (Å²) in [7, 11) is 0. The van der Waals surface area contributed by atoms with Crippen molar-refractivity contribution in [3.63, 3.8) is 0 Å². The molecule has 0 atom stereocenters. The van der Waals surface area contributed by atoms with Gasteiger partial charge in [-0.1, -0.05) is 89.9 Å². The molecular formula is C39H48N4O2. The Morgan fingerprint density at radius 1 is 0.578 bits per heavy atom. The van der Waals surface area contributed by atoms with Crippen molar-refractivity contribution in [3.05, 3.63) is 102 Å². The molecule has 2 heterocycles. The molecule has 6 heteroatoms. The maximum Gasteiger partial charge on any atom is 0.181 e. The van der Waals surface area contributed by atoms with E-state index in [4.69, 9.17) is 4.99 Å². The quantitative estimate of drug-likeness (QED) is 0.0767. The van der Waals surface area contributed by atoms with Gasteiger partial charge < -0.3 is 0 Å². The van der Waals surface area contributed by atoms with Crippen LogP contribution in [0.3, 0.4) is 0 Å². The molecule has 0 aliphatic heterocycles. The van der Waals surface area contributed by atoms with Crippen LogP contribution >= 0.6 is 0 Å². The number of unbranched alkanes of at least 4 members (excludes halogenated alkanes) is 2. The largest absolute Gasteiger partial charge is 0.292 e. The minimum absolute atomic E-state index is 0.0884. The number of aromatic nitrogens is 2. The van der Waals surface area contributed by atoms with Gasteiger partial charge in [0, 0.05) is 19.4 Å². The molecule has 6 nitrogen and oxygen atoms in total. The van der Waals surface area contributed by atoms with Gasteiger partial charge in [-0.25, -0.2) is 9.97 Å². The summed E-state index contributed by atoms with van der Waals surface area (Å²) in [6, 6.07) is 25.7. The van der Waals surface area contributed by atoms with Gasteiger partial charge >= 0.3 is 0 Å². The lowest BCUT2D eigenvalue weighted by atomic mass is 10.1. The van der Waals surface area contributed by atoms with E-state index in [0.717, 1.165) is 67.1 Å². The van der Waals surface area contributed by atoms with Crippen molar-refractivity contribution in [1.29, 1.82) is 0 Å². The van der Waals surface area contributed by atoms with Crippen LogP contribution in [0, 0.1) is 0 Å². The predicted molar refractivity (Wildman–Crippen MR) is 189 cm³/mol. The highest BCUT2D eigenvalue weighted by atomic mass is 16.1. The van der Waals surface area contributed by atoms with Crippen molar-refractivity contribution < 1.29 is 9.59 Å².